The minimum Gasteiger partial charge on any atom is -0.301 e. The van der Waals surface area contributed by atoms with Gasteiger partial charge < -0.3 is 4.57 Å². The maximum absolute atomic E-state index is 12.7. The molecule has 27 heavy (non-hydrogen) atoms. The zero-order valence-electron chi connectivity index (χ0n) is 15.7. The molecule has 142 valence electrons. The number of Topliss-reactive ketones (excluding diaryl/α,β-unsaturated/α-hetero) is 1. The lowest BCUT2D eigenvalue weighted by molar-refractivity contribution is 0.0973. The van der Waals surface area contributed by atoms with Crippen molar-refractivity contribution in [3.8, 4) is 0 Å². The van der Waals surface area contributed by atoms with Gasteiger partial charge in [-0.2, -0.15) is 4.98 Å². The molecule has 1 atom stereocenters. The Balaban J connectivity index is 2.02. The summed E-state index contributed by atoms with van der Waals surface area (Å²) in [5, 5.41) is -0.00660. The summed E-state index contributed by atoms with van der Waals surface area (Å²) in [7, 11) is 2.89. The second kappa shape index (κ2) is 7.15. The molecule has 2 heterocycles. The molecule has 1 unspecified atom stereocenters. The van der Waals surface area contributed by atoms with Crippen LogP contribution >= 0.6 is 11.6 Å². The van der Waals surface area contributed by atoms with Crippen molar-refractivity contribution in [3.63, 3.8) is 0 Å². The van der Waals surface area contributed by atoms with Crippen molar-refractivity contribution >= 4 is 28.5 Å². The zero-order valence-corrected chi connectivity index (χ0v) is 16.4. The lowest BCUT2D eigenvalue weighted by atomic mass is 9.97. The predicted octanol–water partition coefficient (Wildman–Crippen LogP) is 2.48. The summed E-state index contributed by atoms with van der Waals surface area (Å²) in [6.45, 7) is 4.11. The van der Waals surface area contributed by atoms with Gasteiger partial charge in [0.25, 0.3) is 5.56 Å². The SMILES string of the molecule is CCC(C)c1ccc(C(=O)Cn2c(Cl)nc3c2c(=O)n(C)c(=O)n3C)cc1. The van der Waals surface area contributed by atoms with Crippen LogP contribution in [0, 0.1) is 0 Å². The minimum atomic E-state index is -0.535. The third-order valence-electron chi connectivity index (χ3n) is 5.02. The molecule has 0 aliphatic heterocycles. The number of fused-ring (bicyclic) bond motifs is 1. The van der Waals surface area contributed by atoms with E-state index in [9.17, 15) is 14.4 Å². The average Bonchev–Trinajstić information content (AvgIpc) is 3.00. The number of nitrogens with zero attached hydrogens (tertiary/aromatic N) is 4. The van der Waals surface area contributed by atoms with E-state index in [2.05, 4.69) is 18.8 Å². The Morgan fingerprint density at radius 1 is 1.15 bits per heavy atom. The summed E-state index contributed by atoms with van der Waals surface area (Å²) in [6.07, 6.45) is 1.02. The summed E-state index contributed by atoms with van der Waals surface area (Å²) in [5.74, 6) is 0.230. The van der Waals surface area contributed by atoms with E-state index in [0.29, 0.717) is 11.5 Å². The summed E-state index contributed by atoms with van der Waals surface area (Å²) >= 11 is 6.17. The van der Waals surface area contributed by atoms with Gasteiger partial charge in [0.15, 0.2) is 16.9 Å². The Hall–Kier alpha value is -2.67. The Bertz CT molecular complexity index is 1140. The Kier molecular flexibility index (Phi) is 5.06. The highest BCUT2D eigenvalue weighted by Gasteiger charge is 2.20. The summed E-state index contributed by atoms with van der Waals surface area (Å²) in [6, 6.07) is 7.45. The molecule has 3 rings (SSSR count). The number of aromatic nitrogens is 4. The van der Waals surface area contributed by atoms with Crippen LogP contribution in [0.2, 0.25) is 5.28 Å². The maximum Gasteiger partial charge on any atom is 0.332 e. The van der Waals surface area contributed by atoms with E-state index >= 15 is 0 Å². The molecule has 0 fully saturated rings. The standard InChI is InChI=1S/C19H21ClN4O3/c1-5-11(2)12-6-8-13(9-7-12)14(25)10-24-15-16(21-18(24)20)22(3)19(27)23(4)17(15)26/h6-9,11H,5,10H2,1-4H3. The first-order valence-electron chi connectivity index (χ1n) is 8.71. The number of hydrogen-bond donors (Lipinski definition) is 0. The van der Waals surface area contributed by atoms with Crippen LogP contribution in [0.1, 0.15) is 42.1 Å². The van der Waals surface area contributed by atoms with Crippen molar-refractivity contribution < 1.29 is 4.79 Å². The van der Waals surface area contributed by atoms with Gasteiger partial charge in [-0.3, -0.25) is 18.7 Å². The van der Waals surface area contributed by atoms with Gasteiger partial charge in [-0.05, 0) is 29.5 Å². The normalized spacial score (nSPS) is 12.5. The molecule has 0 aliphatic rings. The summed E-state index contributed by atoms with van der Waals surface area (Å²) < 4.78 is 3.57. The Morgan fingerprint density at radius 3 is 2.37 bits per heavy atom. The predicted molar refractivity (Wildman–Crippen MR) is 105 cm³/mol. The van der Waals surface area contributed by atoms with E-state index in [1.807, 2.05) is 12.1 Å². The number of imidazole rings is 1. The van der Waals surface area contributed by atoms with E-state index in [1.165, 1.54) is 28.8 Å². The number of benzene rings is 1. The van der Waals surface area contributed by atoms with Gasteiger partial charge in [-0.25, -0.2) is 4.79 Å². The molecule has 0 N–H and O–H groups in total. The monoisotopic (exact) mass is 388 g/mol. The first kappa shape index (κ1) is 19.1. The number of hydrogen-bond acceptors (Lipinski definition) is 4. The molecule has 0 saturated carbocycles. The van der Waals surface area contributed by atoms with E-state index in [4.69, 9.17) is 11.6 Å². The second-order valence-electron chi connectivity index (χ2n) is 6.70. The number of ketones is 1. The molecule has 0 aliphatic carbocycles. The molecule has 0 bridgehead atoms. The van der Waals surface area contributed by atoms with Gasteiger partial charge in [0.1, 0.15) is 0 Å². The molecular weight excluding hydrogens is 368 g/mol. The quantitative estimate of drug-likeness (QED) is 0.497. The lowest BCUT2D eigenvalue weighted by Gasteiger charge is -2.10. The molecule has 0 radical (unpaired) electrons. The molecule has 3 aromatic rings. The molecule has 2 aromatic heterocycles. The molecular formula is C19H21ClN4O3. The minimum absolute atomic E-state index is 0.00660. The highest BCUT2D eigenvalue weighted by Crippen LogP contribution is 2.20. The first-order chi connectivity index (χ1) is 12.8. The lowest BCUT2D eigenvalue weighted by Crippen LogP contribution is -2.37. The largest absolute Gasteiger partial charge is 0.332 e. The molecule has 0 amide bonds. The van der Waals surface area contributed by atoms with Crippen molar-refractivity contribution in [1.82, 2.24) is 18.7 Å². The first-order valence-corrected chi connectivity index (χ1v) is 9.09. The fourth-order valence-electron chi connectivity index (χ4n) is 3.03. The molecule has 0 spiro atoms. The fourth-order valence-corrected chi connectivity index (χ4v) is 3.26. The Morgan fingerprint density at radius 2 is 1.78 bits per heavy atom. The van der Waals surface area contributed by atoms with Crippen LogP contribution in [0.15, 0.2) is 33.9 Å². The van der Waals surface area contributed by atoms with Crippen LogP contribution < -0.4 is 11.2 Å². The maximum atomic E-state index is 12.7. The Labute approximate surface area is 160 Å². The van der Waals surface area contributed by atoms with Crippen molar-refractivity contribution in [3.05, 3.63) is 61.5 Å². The van der Waals surface area contributed by atoms with Gasteiger partial charge in [-0.1, -0.05) is 38.1 Å². The van der Waals surface area contributed by atoms with E-state index in [1.54, 1.807) is 12.1 Å². The number of carbonyl (C=O) groups is 1. The molecule has 8 heteroatoms. The van der Waals surface area contributed by atoms with Crippen LogP contribution in [0.5, 0.6) is 0 Å². The van der Waals surface area contributed by atoms with Crippen LogP contribution in [-0.4, -0.2) is 24.5 Å². The smallest absolute Gasteiger partial charge is 0.301 e. The van der Waals surface area contributed by atoms with E-state index in [0.717, 1.165) is 11.0 Å². The van der Waals surface area contributed by atoms with Gasteiger partial charge in [0.05, 0.1) is 6.54 Å². The fraction of sp³-hybridized carbons (Fsp3) is 0.368. The van der Waals surface area contributed by atoms with Crippen molar-refractivity contribution in [1.29, 1.82) is 0 Å². The summed E-state index contributed by atoms with van der Waals surface area (Å²) in [4.78, 5) is 41.4. The van der Waals surface area contributed by atoms with Gasteiger partial charge in [0, 0.05) is 19.7 Å². The van der Waals surface area contributed by atoms with Gasteiger partial charge in [-0.15, -0.1) is 0 Å². The molecule has 0 saturated heterocycles. The number of aryl methyl sites for hydroxylation is 1. The van der Waals surface area contributed by atoms with E-state index in [-0.39, 0.29) is 28.8 Å². The van der Waals surface area contributed by atoms with Gasteiger partial charge >= 0.3 is 5.69 Å². The molecule has 7 nitrogen and oxygen atoms in total. The number of carbonyl (C=O) groups excluding carboxylic acids is 1. The average molecular weight is 389 g/mol. The van der Waals surface area contributed by atoms with Crippen LogP contribution in [0.25, 0.3) is 11.2 Å². The summed E-state index contributed by atoms with van der Waals surface area (Å²) in [5.41, 5.74) is 0.959. The third-order valence-corrected chi connectivity index (χ3v) is 5.31. The van der Waals surface area contributed by atoms with Crippen LogP contribution in [-0.2, 0) is 20.6 Å². The van der Waals surface area contributed by atoms with Gasteiger partial charge in [0.2, 0.25) is 5.28 Å². The topological polar surface area (TPSA) is 78.9 Å². The van der Waals surface area contributed by atoms with Crippen LogP contribution in [0.3, 0.4) is 0 Å². The van der Waals surface area contributed by atoms with E-state index < -0.39 is 11.2 Å². The van der Waals surface area contributed by atoms with Crippen LogP contribution in [0.4, 0.5) is 0 Å². The number of halogens is 1. The van der Waals surface area contributed by atoms with Crippen molar-refractivity contribution in [2.45, 2.75) is 32.7 Å². The van der Waals surface area contributed by atoms with Crippen molar-refractivity contribution in [2.75, 3.05) is 0 Å². The third kappa shape index (κ3) is 3.23. The second-order valence-corrected chi connectivity index (χ2v) is 7.04. The highest BCUT2D eigenvalue weighted by atomic mass is 35.5. The number of rotatable bonds is 5. The zero-order chi connectivity index (χ0) is 19.9. The highest BCUT2D eigenvalue weighted by molar-refractivity contribution is 6.29. The van der Waals surface area contributed by atoms with Crippen molar-refractivity contribution in [2.24, 2.45) is 14.1 Å². The molecule has 1 aromatic carbocycles.